The Kier molecular flexibility index (Phi) is 4.81. The van der Waals surface area contributed by atoms with E-state index < -0.39 is 0 Å². The molecule has 3 nitrogen and oxygen atoms in total. The minimum absolute atomic E-state index is 0.0207. The molecule has 0 aromatic heterocycles. The molecule has 0 aliphatic rings. The van der Waals surface area contributed by atoms with Crippen molar-refractivity contribution < 1.29 is 0 Å². The van der Waals surface area contributed by atoms with E-state index in [4.69, 9.17) is 11.0 Å². The molecule has 1 rings (SSSR count). The van der Waals surface area contributed by atoms with Gasteiger partial charge in [-0.1, -0.05) is 18.2 Å². The number of nitrogens with zero attached hydrogens (tertiary/aromatic N) is 2. The number of benzene rings is 1. The van der Waals surface area contributed by atoms with Gasteiger partial charge in [-0.05, 0) is 25.5 Å². The van der Waals surface area contributed by atoms with Crippen molar-refractivity contribution in [2.75, 3.05) is 18.0 Å². The van der Waals surface area contributed by atoms with Crippen LogP contribution in [0.2, 0.25) is 0 Å². The summed E-state index contributed by atoms with van der Waals surface area (Å²) in [5.41, 5.74) is 8.23. The third kappa shape index (κ3) is 2.98. The molecule has 0 radical (unpaired) electrons. The molecule has 1 unspecified atom stereocenters. The largest absolute Gasteiger partial charge is 0.371 e. The van der Waals surface area contributed by atoms with Crippen LogP contribution in [0.15, 0.2) is 24.3 Å². The highest BCUT2D eigenvalue weighted by Gasteiger charge is 2.11. The third-order valence-corrected chi connectivity index (χ3v) is 2.64. The molecule has 0 aliphatic carbocycles. The average molecular weight is 217 g/mol. The summed E-state index contributed by atoms with van der Waals surface area (Å²) in [6.07, 6.45) is 0.543. The van der Waals surface area contributed by atoms with Gasteiger partial charge in [0, 0.05) is 24.8 Å². The van der Waals surface area contributed by atoms with E-state index >= 15 is 0 Å². The quantitative estimate of drug-likeness (QED) is 0.824. The van der Waals surface area contributed by atoms with Crippen LogP contribution in [0.5, 0.6) is 0 Å². The molecule has 1 aromatic rings. The zero-order valence-electron chi connectivity index (χ0n) is 9.98. The van der Waals surface area contributed by atoms with Crippen LogP contribution in [-0.4, -0.2) is 13.1 Å². The van der Waals surface area contributed by atoms with Crippen LogP contribution in [0.25, 0.3) is 0 Å². The van der Waals surface area contributed by atoms with Gasteiger partial charge >= 0.3 is 0 Å². The maximum absolute atomic E-state index is 8.63. The fraction of sp³-hybridized carbons (Fsp3) is 0.462. The molecule has 2 N–H and O–H groups in total. The third-order valence-electron chi connectivity index (χ3n) is 2.64. The van der Waals surface area contributed by atoms with Crippen LogP contribution in [-0.2, 0) is 0 Å². The second kappa shape index (κ2) is 6.14. The Bertz CT molecular complexity index is 366. The first kappa shape index (κ1) is 12.5. The van der Waals surface area contributed by atoms with Gasteiger partial charge in [0.15, 0.2) is 0 Å². The predicted octanol–water partition coefficient (Wildman–Crippen LogP) is 2.45. The lowest BCUT2D eigenvalue weighted by Crippen LogP contribution is -2.26. The van der Waals surface area contributed by atoms with Gasteiger partial charge in [0.05, 0.1) is 12.5 Å². The lowest BCUT2D eigenvalue weighted by molar-refractivity contribution is 0.778. The van der Waals surface area contributed by atoms with Gasteiger partial charge in [0.25, 0.3) is 0 Å². The van der Waals surface area contributed by atoms with E-state index in [2.05, 4.69) is 30.0 Å². The van der Waals surface area contributed by atoms with Crippen LogP contribution in [0.1, 0.15) is 31.9 Å². The van der Waals surface area contributed by atoms with E-state index in [1.807, 2.05) is 19.1 Å². The number of anilines is 1. The van der Waals surface area contributed by atoms with Gasteiger partial charge < -0.3 is 10.6 Å². The van der Waals surface area contributed by atoms with E-state index in [1.165, 1.54) is 0 Å². The second-order valence-electron chi connectivity index (χ2n) is 3.84. The van der Waals surface area contributed by atoms with Gasteiger partial charge in [-0.2, -0.15) is 5.26 Å². The van der Waals surface area contributed by atoms with Crippen molar-refractivity contribution in [2.24, 2.45) is 5.73 Å². The van der Waals surface area contributed by atoms with Gasteiger partial charge in [0.2, 0.25) is 0 Å². The van der Waals surface area contributed by atoms with Gasteiger partial charge in [0.1, 0.15) is 0 Å². The summed E-state index contributed by atoms with van der Waals surface area (Å²) in [4.78, 5) is 2.20. The van der Waals surface area contributed by atoms with Crippen LogP contribution in [0.4, 0.5) is 5.69 Å². The molecule has 16 heavy (non-hydrogen) atoms. The van der Waals surface area contributed by atoms with E-state index in [9.17, 15) is 0 Å². The zero-order valence-corrected chi connectivity index (χ0v) is 9.98. The van der Waals surface area contributed by atoms with Crippen LogP contribution in [0.3, 0.4) is 0 Å². The van der Waals surface area contributed by atoms with Gasteiger partial charge in [-0.3, -0.25) is 0 Å². The Morgan fingerprint density at radius 2 is 2.12 bits per heavy atom. The molecule has 1 atom stereocenters. The summed E-state index contributed by atoms with van der Waals surface area (Å²) in [6.45, 7) is 5.73. The molecule has 0 heterocycles. The molecule has 0 spiro atoms. The molecule has 0 bridgehead atoms. The maximum Gasteiger partial charge on any atom is 0.0640 e. The number of hydrogen-bond donors (Lipinski definition) is 1. The molecular formula is C13H19N3. The summed E-state index contributed by atoms with van der Waals surface area (Å²) < 4.78 is 0. The molecule has 0 amide bonds. The van der Waals surface area contributed by atoms with E-state index in [1.54, 1.807) is 0 Å². The Labute approximate surface area is 97.5 Å². The van der Waals surface area contributed by atoms with E-state index in [0.717, 1.165) is 24.3 Å². The first-order valence-corrected chi connectivity index (χ1v) is 5.67. The summed E-state index contributed by atoms with van der Waals surface area (Å²) in [5, 5.41) is 8.63. The highest BCUT2D eigenvalue weighted by Crippen LogP contribution is 2.24. The lowest BCUT2D eigenvalue weighted by Gasteiger charge is -2.26. The lowest BCUT2D eigenvalue weighted by atomic mass is 10.1. The first-order valence-electron chi connectivity index (χ1n) is 5.67. The zero-order chi connectivity index (χ0) is 12.0. The average Bonchev–Trinajstić information content (AvgIpc) is 2.30. The number of hydrogen-bond acceptors (Lipinski definition) is 3. The maximum atomic E-state index is 8.63. The van der Waals surface area contributed by atoms with Crippen molar-refractivity contribution in [3.8, 4) is 6.07 Å². The standard InChI is InChI=1S/C13H19N3/c1-3-16(10-6-9-14)13-8-5-4-7-12(13)11(2)15/h4-5,7-8,11H,3,6,10,15H2,1-2H3. The predicted molar refractivity (Wildman–Crippen MR) is 67.2 cm³/mol. The summed E-state index contributed by atoms with van der Waals surface area (Å²) in [5.74, 6) is 0. The van der Waals surface area contributed by atoms with Gasteiger partial charge in [-0.15, -0.1) is 0 Å². The smallest absolute Gasteiger partial charge is 0.0640 e. The monoisotopic (exact) mass is 217 g/mol. The molecule has 0 aliphatic heterocycles. The second-order valence-corrected chi connectivity index (χ2v) is 3.84. The number of rotatable bonds is 5. The number of nitriles is 1. The fourth-order valence-electron chi connectivity index (χ4n) is 1.79. The Hall–Kier alpha value is -1.53. The first-order chi connectivity index (χ1) is 7.70. The molecule has 0 saturated heterocycles. The minimum Gasteiger partial charge on any atom is -0.371 e. The Morgan fingerprint density at radius 1 is 1.44 bits per heavy atom. The number of nitrogens with two attached hydrogens (primary N) is 1. The number of para-hydroxylation sites is 1. The summed E-state index contributed by atoms with van der Waals surface area (Å²) >= 11 is 0. The van der Waals surface area contributed by atoms with Crippen LogP contribution in [0, 0.1) is 11.3 Å². The Balaban J connectivity index is 2.95. The highest BCUT2D eigenvalue weighted by molar-refractivity contribution is 5.54. The minimum atomic E-state index is 0.0207. The normalized spacial score (nSPS) is 11.9. The molecule has 1 aromatic carbocycles. The summed E-state index contributed by atoms with van der Waals surface area (Å²) in [7, 11) is 0. The Morgan fingerprint density at radius 3 is 2.69 bits per heavy atom. The molecular weight excluding hydrogens is 198 g/mol. The van der Waals surface area contributed by atoms with Crippen molar-refractivity contribution >= 4 is 5.69 Å². The summed E-state index contributed by atoms with van der Waals surface area (Å²) in [6, 6.07) is 10.3. The van der Waals surface area contributed by atoms with Crippen LogP contribution >= 0.6 is 0 Å². The SMILES string of the molecule is CCN(CCC#N)c1ccccc1C(C)N. The molecule has 86 valence electrons. The van der Waals surface area contributed by atoms with Crippen LogP contribution < -0.4 is 10.6 Å². The molecule has 0 saturated carbocycles. The fourth-order valence-corrected chi connectivity index (χ4v) is 1.79. The van der Waals surface area contributed by atoms with Gasteiger partial charge in [-0.25, -0.2) is 0 Å². The highest BCUT2D eigenvalue weighted by atomic mass is 15.1. The van der Waals surface area contributed by atoms with Crippen molar-refractivity contribution in [3.05, 3.63) is 29.8 Å². The van der Waals surface area contributed by atoms with E-state index in [-0.39, 0.29) is 6.04 Å². The molecule has 0 fully saturated rings. The van der Waals surface area contributed by atoms with E-state index in [0.29, 0.717) is 6.42 Å². The topological polar surface area (TPSA) is 53.0 Å². The van der Waals surface area contributed by atoms with Crippen molar-refractivity contribution in [1.29, 1.82) is 5.26 Å². The van der Waals surface area contributed by atoms with Crippen molar-refractivity contribution in [3.63, 3.8) is 0 Å². The molecule has 3 heteroatoms. The van der Waals surface area contributed by atoms with Crippen molar-refractivity contribution in [1.82, 2.24) is 0 Å². The van der Waals surface area contributed by atoms with Crippen molar-refractivity contribution in [2.45, 2.75) is 26.3 Å².